The lowest BCUT2D eigenvalue weighted by Crippen LogP contribution is -2.26. The number of pyridine rings is 1. The Balaban J connectivity index is 1.46. The number of anilines is 1. The molecule has 1 aromatic carbocycles. The predicted molar refractivity (Wildman–Crippen MR) is 117 cm³/mol. The standard InChI is InChI=1S/C22H23F3N8/c23-22(24,25)20-17(9-16-10-18(26)29-21-19(16)30-32-31-21)11-28-33(20)12-13-2-1-3-15(8-13)14-4-6-27-7-5-14/h1-3,8,10-11,14,27H,4-7,9,12H2,(H3,26,29,30,31,32). The van der Waals surface area contributed by atoms with Crippen LogP contribution in [0.5, 0.6) is 0 Å². The molecule has 0 radical (unpaired) electrons. The van der Waals surface area contributed by atoms with Gasteiger partial charge >= 0.3 is 6.18 Å². The third-order valence-electron chi connectivity index (χ3n) is 6.06. The summed E-state index contributed by atoms with van der Waals surface area (Å²) in [5, 5.41) is 17.7. The molecule has 4 aromatic rings. The van der Waals surface area contributed by atoms with Crippen molar-refractivity contribution in [3.8, 4) is 0 Å². The van der Waals surface area contributed by atoms with E-state index in [1.165, 1.54) is 12.3 Å². The number of H-pyrrole nitrogens is 1. The van der Waals surface area contributed by atoms with E-state index in [1.807, 2.05) is 18.2 Å². The Morgan fingerprint density at radius 2 is 1.94 bits per heavy atom. The molecule has 1 aliphatic rings. The van der Waals surface area contributed by atoms with Gasteiger partial charge in [0.2, 0.25) is 0 Å². The molecule has 0 atom stereocenters. The zero-order valence-corrected chi connectivity index (χ0v) is 17.7. The van der Waals surface area contributed by atoms with Gasteiger partial charge in [0.05, 0.1) is 12.7 Å². The molecule has 0 amide bonds. The summed E-state index contributed by atoms with van der Waals surface area (Å²) >= 11 is 0. The van der Waals surface area contributed by atoms with Gasteiger partial charge in [-0.2, -0.15) is 18.3 Å². The maximum Gasteiger partial charge on any atom is 0.433 e. The van der Waals surface area contributed by atoms with Gasteiger partial charge in [-0.3, -0.25) is 4.68 Å². The van der Waals surface area contributed by atoms with Crippen molar-refractivity contribution in [2.24, 2.45) is 0 Å². The van der Waals surface area contributed by atoms with Crippen LogP contribution in [0.3, 0.4) is 0 Å². The van der Waals surface area contributed by atoms with E-state index in [4.69, 9.17) is 5.73 Å². The van der Waals surface area contributed by atoms with Crippen molar-refractivity contribution >= 4 is 17.0 Å². The van der Waals surface area contributed by atoms with Crippen molar-refractivity contribution < 1.29 is 13.2 Å². The second-order valence-corrected chi connectivity index (χ2v) is 8.34. The number of nitrogens with two attached hydrogens (primary N) is 1. The monoisotopic (exact) mass is 456 g/mol. The minimum absolute atomic E-state index is 0.0332. The summed E-state index contributed by atoms with van der Waals surface area (Å²) < 4.78 is 43.4. The van der Waals surface area contributed by atoms with Crippen molar-refractivity contribution in [1.82, 2.24) is 35.5 Å². The van der Waals surface area contributed by atoms with Crippen LogP contribution in [0.25, 0.3) is 11.2 Å². The molecule has 4 heterocycles. The largest absolute Gasteiger partial charge is 0.433 e. The minimum Gasteiger partial charge on any atom is -0.384 e. The number of rotatable bonds is 5. The summed E-state index contributed by atoms with van der Waals surface area (Å²) in [6.07, 6.45) is -1.30. The van der Waals surface area contributed by atoms with Gasteiger partial charge in [-0.15, -0.1) is 5.10 Å². The van der Waals surface area contributed by atoms with Crippen molar-refractivity contribution in [2.45, 2.75) is 37.9 Å². The van der Waals surface area contributed by atoms with E-state index in [1.54, 1.807) is 0 Å². The number of hydrogen-bond donors (Lipinski definition) is 3. The number of benzene rings is 1. The summed E-state index contributed by atoms with van der Waals surface area (Å²) in [6.45, 7) is 1.94. The average Bonchev–Trinajstić information content (AvgIpc) is 3.41. The summed E-state index contributed by atoms with van der Waals surface area (Å²) in [7, 11) is 0. The van der Waals surface area contributed by atoms with Gasteiger partial charge in [0, 0.05) is 12.0 Å². The Kier molecular flexibility index (Phi) is 5.49. The molecule has 33 heavy (non-hydrogen) atoms. The third kappa shape index (κ3) is 4.40. The smallest absolute Gasteiger partial charge is 0.384 e. The summed E-state index contributed by atoms with van der Waals surface area (Å²) in [4.78, 5) is 4.07. The van der Waals surface area contributed by atoms with E-state index in [-0.39, 0.29) is 24.3 Å². The Morgan fingerprint density at radius 3 is 2.73 bits per heavy atom. The number of halogens is 3. The number of aromatic amines is 1. The van der Waals surface area contributed by atoms with Crippen LogP contribution in [0.15, 0.2) is 36.5 Å². The predicted octanol–water partition coefficient (Wildman–Crippen LogP) is 3.26. The molecule has 0 saturated carbocycles. The number of alkyl halides is 3. The van der Waals surface area contributed by atoms with Gasteiger partial charge in [-0.25, -0.2) is 10.1 Å². The highest BCUT2D eigenvalue weighted by atomic mass is 19.4. The van der Waals surface area contributed by atoms with E-state index in [0.29, 0.717) is 22.6 Å². The SMILES string of the molecule is Nc1cc(Cc2cnn(Cc3cccc(C4CCNCC4)c3)c2C(F)(F)F)c2nn[nH]c2n1. The van der Waals surface area contributed by atoms with Gasteiger partial charge < -0.3 is 11.1 Å². The topological polar surface area (TPSA) is 110 Å². The van der Waals surface area contributed by atoms with Gasteiger partial charge in [0.25, 0.3) is 0 Å². The Labute approximate surface area is 187 Å². The van der Waals surface area contributed by atoms with Crippen LogP contribution in [-0.4, -0.2) is 43.3 Å². The molecule has 0 unspecified atom stereocenters. The quantitative estimate of drug-likeness (QED) is 0.425. The van der Waals surface area contributed by atoms with E-state index in [0.717, 1.165) is 41.7 Å². The van der Waals surface area contributed by atoms with Gasteiger partial charge in [0.15, 0.2) is 5.65 Å². The number of fused-ring (bicyclic) bond motifs is 1. The zero-order chi connectivity index (χ0) is 23.0. The Morgan fingerprint density at radius 1 is 1.12 bits per heavy atom. The number of hydrogen-bond acceptors (Lipinski definition) is 6. The van der Waals surface area contributed by atoms with Crippen molar-refractivity contribution in [2.75, 3.05) is 18.8 Å². The van der Waals surface area contributed by atoms with Gasteiger partial charge in [-0.05, 0) is 54.6 Å². The highest BCUT2D eigenvalue weighted by molar-refractivity contribution is 5.76. The summed E-state index contributed by atoms with van der Waals surface area (Å²) in [6, 6.07) is 9.32. The van der Waals surface area contributed by atoms with Gasteiger partial charge in [-0.1, -0.05) is 29.5 Å². The number of aromatic nitrogens is 6. The van der Waals surface area contributed by atoms with Crippen LogP contribution < -0.4 is 11.1 Å². The fourth-order valence-electron chi connectivity index (χ4n) is 4.54. The van der Waals surface area contributed by atoms with Gasteiger partial charge in [0.1, 0.15) is 17.0 Å². The average molecular weight is 456 g/mol. The second kappa shape index (κ2) is 8.47. The van der Waals surface area contributed by atoms with Crippen LogP contribution in [0.2, 0.25) is 0 Å². The lowest BCUT2D eigenvalue weighted by Gasteiger charge is -2.23. The number of nitrogens with one attached hydrogen (secondary N) is 2. The summed E-state index contributed by atoms with van der Waals surface area (Å²) in [5.74, 6) is 0.600. The van der Waals surface area contributed by atoms with Crippen molar-refractivity contribution in [3.05, 3.63) is 64.5 Å². The first kappa shape index (κ1) is 21.4. The van der Waals surface area contributed by atoms with Crippen LogP contribution in [-0.2, 0) is 19.1 Å². The molecule has 172 valence electrons. The van der Waals surface area contributed by atoms with Crippen LogP contribution in [0.4, 0.5) is 19.0 Å². The molecule has 3 aromatic heterocycles. The van der Waals surface area contributed by atoms with Crippen molar-refractivity contribution in [1.29, 1.82) is 0 Å². The maximum atomic E-state index is 14.1. The van der Waals surface area contributed by atoms with E-state index < -0.39 is 11.9 Å². The molecule has 8 nitrogen and oxygen atoms in total. The molecule has 11 heteroatoms. The third-order valence-corrected chi connectivity index (χ3v) is 6.06. The minimum atomic E-state index is -4.57. The molecule has 5 rings (SSSR count). The first-order valence-electron chi connectivity index (χ1n) is 10.8. The number of piperidine rings is 1. The molecule has 1 aliphatic heterocycles. The molecule has 1 saturated heterocycles. The van der Waals surface area contributed by atoms with Crippen LogP contribution in [0.1, 0.15) is 46.7 Å². The Bertz CT molecular complexity index is 1270. The molecule has 0 aliphatic carbocycles. The normalized spacial score (nSPS) is 15.4. The Hall–Kier alpha value is -3.47. The zero-order valence-electron chi connectivity index (χ0n) is 17.7. The second-order valence-electron chi connectivity index (χ2n) is 8.34. The number of nitrogens with zero attached hydrogens (tertiary/aromatic N) is 5. The molecule has 1 fully saturated rings. The molecule has 4 N–H and O–H groups in total. The van der Waals surface area contributed by atoms with Crippen LogP contribution >= 0.6 is 0 Å². The fraction of sp³-hybridized carbons (Fsp3) is 0.364. The van der Waals surface area contributed by atoms with E-state index in [9.17, 15) is 13.2 Å². The molecular formula is C22H23F3N8. The maximum absolute atomic E-state index is 14.1. The number of nitrogen functional groups attached to an aromatic ring is 1. The molecular weight excluding hydrogens is 433 g/mol. The van der Waals surface area contributed by atoms with Crippen molar-refractivity contribution in [3.63, 3.8) is 0 Å². The van der Waals surface area contributed by atoms with E-state index in [2.05, 4.69) is 36.9 Å². The van der Waals surface area contributed by atoms with E-state index >= 15 is 0 Å². The fourth-order valence-corrected chi connectivity index (χ4v) is 4.54. The first-order chi connectivity index (χ1) is 15.9. The first-order valence-corrected chi connectivity index (χ1v) is 10.8. The molecule has 0 spiro atoms. The highest BCUT2D eigenvalue weighted by Crippen LogP contribution is 2.34. The molecule has 0 bridgehead atoms. The lowest BCUT2D eigenvalue weighted by atomic mass is 9.89. The van der Waals surface area contributed by atoms with Crippen LogP contribution in [0, 0.1) is 0 Å². The summed E-state index contributed by atoms with van der Waals surface area (Å²) in [5.41, 5.74) is 8.26. The lowest BCUT2D eigenvalue weighted by molar-refractivity contribution is -0.144. The highest BCUT2D eigenvalue weighted by Gasteiger charge is 2.38.